The van der Waals surface area contributed by atoms with Crippen LogP contribution in [0.15, 0.2) is 28.7 Å². The van der Waals surface area contributed by atoms with Gasteiger partial charge in [-0.05, 0) is 36.6 Å². The molecule has 0 radical (unpaired) electrons. The van der Waals surface area contributed by atoms with Gasteiger partial charge in [-0.2, -0.15) is 0 Å². The Balaban J connectivity index is 2.08. The molecule has 0 saturated heterocycles. The average Bonchev–Trinajstić information content (AvgIpc) is 2.44. The summed E-state index contributed by atoms with van der Waals surface area (Å²) in [5, 5.41) is 3.36. The fraction of sp³-hybridized carbons (Fsp3) is 0.625. The van der Waals surface area contributed by atoms with E-state index >= 15 is 0 Å². The zero-order valence-electron chi connectivity index (χ0n) is 12.1. The van der Waals surface area contributed by atoms with E-state index in [-0.39, 0.29) is 0 Å². The number of hydrogen-bond acceptors (Lipinski definition) is 2. The predicted molar refractivity (Wildman–Crippen MR) is 86.8 cm³/mol. The quantitative estimate of drug-likeness (QED) is 0.604. The molecule has 2 nitrogen and oxygen atoms in total. The van der Waals surface area contributed by atoms with Crippen molar-refractivity contribution >= 4 is 21.6 Å². The maximum absolute atomic E-state index is 5.76. The van der Waals surface area contributed by atoms with Gasteiger partial charge in [0.15, 0.2) is 0 Å². The molecule has 1 aromatic carbocycles. The molecule has 0 bridgehead atoms. The SMILES string of the molecule is CCCCC(CC)COCCNc1ccc(Br)cc1. The van der Waals surface area contributed by atoms with Crippen LogP contribution in [0.1, 0.15) is 39.5 Å². The summed E-state index contributed by atoms with van der Waals surface area (Å²) in [4.78, 5) is 0. The number of nitrogens with one attached hydrogen (secondary N) is 1. The lowest BCUT2D eigenvalue weighted by Gasteiger charge is -2.15. The fourth-order valence-corrected chi connectivity index (χ4v) is 2.25. The van der Waals surface area contributed by atoms with Crippen molar-refractivity contribution in [2.45, 2.75) is 39.5 Å². The highest BCUT2D eigenvalue weighted by Gasteiger charge is 2.05. The molecule has 0 aromatic heterocycles. The Hall–Kier alpha value is -0.540. The molecule has 0 amide bonds. The topological polar surface area (TPSA) is 21.3 Å². The minimum Gasteiger partial charge on any atom is -0.383 e. The molecule has 0 aliphatic rings. The normalized spacial score (nSPS) is 12.4. The van der Waals surface area contributed by atoms with Crippen molar-refractivity contribution in [3.8, 4) is 0 Å². The van der Waals surface area contributed by atoms with Crippen molar-refractivity contribution in [3.63, 3.8) is 0 Å². The van der Waals surface area contributed by atoms with E-state index in [0.717, 1.165) is 35.8 Å². The molecule has 0 aliphatic heterocycles. The first-order valence-electron chi connectivity index (χ1n) is 7.33. The van der Waals surface area contributed by atoms with Crippen LogP contribution in [0.2, 0.25) is 0 Å². The molecule has 1 atom stereocenters. The standard InChI is InChI=1S/C16H26BrNO/c1-3-5-6-14(4-2)13-19-12-11-18-16-9-7-15(17)8-10-16/h7-10,14,18H,3-6,11-13H2,1-2H3. The van der Waals surface area contributed by atoms with Crippen molar-refractivity contribution < 1.29 is 4.74 Å². The summed E-state index contributed by atoms with van der Waals surface area (Å²) >= 11 is 3.43. The van der Waals surface area contributed by atoms with Gasteiger partial charge >= 0.3 is 0 Å². The zero-order chi connectivity index (χ0) is 13.9. The van der Waals surface area contributed by atoms with E-state index in [1.165, 1.54) is 25.7 Å². The maximum Gasteiger partial charge on any atom is 0.0639 e. The van der Waals surface area contributed by atoms with E-state index in [4.69, 9.17) is 4.74 Å². The van der Waals surface area contributed by atoms with Crippen molar-refractivity contribution in [1.82, 2.24) is 0 Å². The highest BCUT2D eigenvalue weighted by Crippen LogP contribution is 2.14. The van der Waals surface area contributed by atoms with E-state index < -0.39 is 0 Å². The monoisotopic (exact) mass is 327 g/mol. The number of benzene rings is 1. The first-order chi connectivity index (χ1) is 9.26. The van der Waals surface area contributed by atoms with E-state index in [1.807, 2.05) is 12.1 Å². The lowest BCUT2D eigenvalue weighted by Crippen LogP contribution is -2.14. The molecule has 0 fully saturated rings. The highest BCUT2D eigenvalue weighted by molar-refractivity contribution is 9.10. The molecule has 3 heteroatoms. The second-order valence-corrected chi connectivity index (χ2v) is 5.84. The van der Waals surface area contributed by atoms with Gasteiger partial charge in [0, 0.05) is 23.3 Å². The Labute approximate surface area is 126 Å². The molecular weight excluding hydrogens is 302 g/mol. The van der Waals surface area contributed by atoms with Gasteiger partial charge in [-0.15, -0.1) is 0 Å². The summed E-state index contributed by atoms with van der Waals surface area (Å²) in [5.74, 6) is 0.729. The Kier molecular flexibility index (Phi) is 8.93. The van der Waals surface area contributed by atoms with Crippen LogP contribution in [0.3, 0.4) is 0 Å². The number of ether oxygens (including phenoxy) is 1. The third kappa shape index (κ3) is 7.58. The lowest BCUT2D eigenvalue weighted by atomic mass is 10.0. The van der Waals surface area contributed by atoms with Crippen molar-refractivity contribution in [1.29, 1.82) is 0 Å². The minimum absolute atomic E-state index is 0.729. The molecule has 0 saturated carbocycles. The van der Waals surface area contributed by atoms with E-state index in [0.29, 0.717) is 0 Å². The molecule has 1 unspecified atom stereocenters. The smallest absolute Gasteiger partial charge is 0.0639 e. The Bertz CT molecular complexity index is 326. The molecule has 0 spiro atoms. The largest absolute Gasteiger partial charge is 0.383 e. The third-order valence-corrected chi connectivity index (χ3v) is 3.85. The zero-order valence-corrected chi connectivity index (χ0v) is 13.7. The summed E-state index contributed by atoms with van der Waals surface area (Å²) in [6.45, 7) is 7.04. The molecule has 1 N–H and O–H groups in total. The van der Waals surface area contributed by atoms with Crippen LogP contribution in [0, 0.1) is 5.92 Å². The molecule has 1 rings (SSSR count). The maximum atomic E-state index is 5.76. The van der Waals surface area contributed by atoms with Gasteiger partial charge in [0.25, 0.3) is 0 Å². The molecular formula is C16H26BrNO. The third-order valence-electron chi connectivity index (χ3n) is 3.32. The van der Waals surface area contributed by atoms with Gasteiger partial charge in [-0.25, -0.2) is 0 Å². The number of unbranched alkanes of at least 4 members (excludes halogenated alkanes) is 1. The van der Waals surface area contributed by atoms with Crippen LogP contribution in [-0.4, -0.2) is 19.8 Å². The number of rotatable bonds is 10. The van der Waals surface area contributed by atoms with Gasteiger partial charge in [0.2, 0.25) is 0 Å². The van der Waals surface area contributed by atoms with Gasteiger partial charge in [-0.3, -0.25) is 0 Å². The number of halogens is 1. The second-order valence-electron chi connectivity index (χ2n) is 4.93. The molecule has 1 aromatic rings. The highest BCUT2D eigenvalue weighted by atomic mass is 79.9. The number of hydrogen-bond donors (Lipinski definition) is 1. The van der Waals surface area contributed by atoms with Gasteiger partial charge in [-0.1, -0.05) is 49.0 Å². The second kappa shape index (κ2) is 10.3. The van der Waals surface area contributed by atoms with E-state index in [1.54, 1.807) is 0 Å². The summed E-state index contributed by atoms with van der Waals surface area (Å²) in [6, 6.07) is 8.22. The Morgan fingerprint density at radius 3 is 2.58 bits per heavy atom. The average molecular weight is 328 g/mol. The molecule has 19 heavy (non-hydrogen) atoms. The molecule has 108 valence electrons. The van der Waals surface area contributed by atoms with Crippen LogP contribution in [0.25, 0.3) is 0 Å². The van der Waals surface area contributed by atoms with Crippen LogP contribution in [0.4, 0.5) is 5.69 Å². The van der Waals surface area contributed by atoms with Crippen molar-refractivity contribution in [2.75, 3.05) is 25.1 Å². The Morgan fingerprint density at radius 1 is 1.21 bits per heavy atom. The predicted octanol–water partition coefficient (Wildman–Crippen LogP) is 5.09. The lowest BCUT2D eigenvalue weighted by molar-refractivity contribution is 0.102. The number of anilines is 1. The summed E-state index contributed by atoms with van der Waals surface area (Å²) < 4.78 is 6.86. The first kappa shape index (κ1) is 16.5. The van der Waals surface area contributed by atoms with Gasteiger partial charge in [0.1, 0.15) is 0 Å². The van der Waals surface area contributed by atoms with Crippen molar-refractivity contribution in [3.05, 3.63) is 28.7 Å². The van der Waals surface area contributed by atoms with Gasteiger partial charge < -0.3 is 10.1 Å². The van der Waals surface area contributed by atoms with Crippen LogP contribution >= 0.6 is 15.9 Å². The minimum atomic E-state index is 0.729. The van der Waals surface area contributed by atoms with Crippen LogP contribution < -0.4 is 5.32 Å². The molecule has 0 heterocycles. The van der Waals surface area contributed by atoms with E-state index in [2.05, 4.69) is 47.2 Å². The van der Waals surface area contributed by atoms with Gasteiger partial charge in [0.05, 0.1) is 6.61 Å². The summed E-state index contributed by atoms with van der Waals surface area (Å²) in [7, 11) is 0. The fourth-order valence-electron chi connectivity index (χ4n) is 1.98. The Morgan fingerprint density at radius 2 is 1.95 bits per heavy atom. The van der Waals surface area contributed by atoms with E-state index in [9.17, 15) is 0 Å². The first-order valence-corrected chi connectivity index (χ1v) is 8.12. The van der Waals surface area contributed by atoms with Crippen molar-refractivity contribution in [2.24, 2.45) is 5.92 Å². The van der Waals surface area contributed by atoms with Crippen LogP contribution in [0.5, 0.6) is 0 Å². The van der Waals surface area contributed by atoms with Crippen LogP contribution in [-0.2, 0) is 4.74 Å². The summed E-state index contributed by atoms with van der Waals surface area (Å²) in [5.41, 5.74) is 1.14. The molecule has 0 aliphatic carbocycles. The summed E-state index contributed by atoms with van der Waals surface area (Å²) in [6.07, 6.45) is 5.12.